The van der Waals surface area contributed by atoms with Crippen LogP contribution < -0.4 is 4.90 Å². The summed E-state index contributed by atoms with van der Waals surface area (Å²) in [5.41, 5.74) is 1.09. The third-order valence-electron chi connectivity index (χ3n) is 3.11. The molecule has 0 unspecified atom stereocenters. The predicted molar refractivity (Wildman–Crippen MR) is 61.8 cm³/mol. The zero-order valence-corrected chi connectivity index (χ0v) is 9.39. The molecule has 4 nitrogen and oxygen atoms in total. The Morgan fingerprint density at radius 2 is 2.19 bits per heavy atom. The lowest BCUT2D eigenvalue weighted by Gasteiger charge is -2.32. The van der Waals surface area contributed by atoms with E-state index in [1.807, 2.05) is 6.07 Å². The number of hydrogen-bond donors (Lipinski definition) is 1. The third kappa shape index (κ3) is 2.32. The molecule has 1 fully saturated rings. The van der Waals surface area contributed by atoms with Crippen molar-refractivity contribution in [2.24, 2.45) is 5.92 Å². The van der Waals surface area contributed by atoms with Gasteiger partial charge in [0, 0.05) is 25.0 Å². The average molecular weight is 220 g/mol. The minimum atomic E-state index is -0.966. The van der Waals surface area contributed by atoms with E-state index in [-0.39, 0.29) is 5.69 Å². The minimum Gasteiger partial charge on any atom is -0.477 e. The van der Waals surface area contributed by atoms with Crippen molar-refractivity contribution in [3.63, 3.8) is 0 Å². The van der Waals surface area contributed by atoms with Crippen molar-refractivity contribution in [1.82, 2.24) is 4.98 Å². The van der Waals surface area contributed by atoms with Gasteiger partial charge in [-0.2, -0.15) is 0 Å². The number of carbonyl (C=O) groups is 1. The Hall–Kier alpha value is -1.58. The monoisotopic (exact) mass is 220 g/mol. The van der Waals surface area contributed by atoms with E-state index in [9.17, 15) is 4.79 Å². The van der Waals surface area contributed by atoms with Crippen molar-refractivity contribution in [2.45, 2.75) is 19.8 Å². The Morgan fingerprint density at radius 1 is 1.50 bits per heavy atom. The van der Waals surface area contributed by atoms with Crippen LogP contribution in [0.3, 0.4) is 0 Å². The number of aromatic carboxylic acids is 1. The first-order valence-corrected chi connectivity index (χ1v) is 5.61. The van der Waals surface area contributed by atoms with Crippen molar-refractivity contribution in [1.29, 1.82) is 0 Å². The highest BCUT2D eigenvalue weighted by Gasteiger charge is 2.17. The summed E-state index contributed by atoms with van der Waals surface area (Å²) in [6, 6.07) is 3.53. The smallest absolute Gasteiger partial charge is 0.354 e. The SMILES string of the molecule is CC1CCN(c2ccnc(C(=O)O)c2)CC1. The van der Waals surface area contributed by atoms with Crippen LogP contribution in [0, 0.1) is 5.92 Å². The Morgan fingerprint density at radius 3 is 2.81 bits per heavy atom. The first-order chi connectivity index (χ1) is 7.66. The summed E-state index contributed by atoms with van der Waals surface area (Å²) in [6.07, 6.45) is 3.91. The van der Waals surface area contributed by atoms with E-state index < -0.39 is 5.97 Å². The second-order valence-corrected chi connectivity index (χ2v) is 4.37. The van der Waals surface area contributed by atoms with Gasteiger partial charge in [0.05, 0.1) is 0 Å². The number of pyridine rings is 1. The van der Waals surface area contributed by atoms with E-state index >= 15 is 0 Å². The molecule has 1 aliphatic heterocycles. The van der Waals surface area contributed by atoms with E-state index in [0.29, 0.717) is 0 Å². The zero-order chi connectivity index (χ0) is 11.5. The van der Waals surface area contributed by atoms with Gasteiger partial charge in [-0.25, -0.2) is 9.78 Å². The topological polar surface area (TPSA) is 53.4 Å². The summed E-state index contributed by atoms with van der Waals surface area (Å²) >= 11 is 0. The number of anilines is 1. The maximum Gasteiger partial charge on any atom is 0.354 e. The fraction of sp³-hybridized carbons (Fsp3) is 0.500. The summed E-state index contributed by atoms with van der Waals surface area (Å²) in [7, 11) is 0. The molecule has 4 heteroatoms. The van der Waals surface area contributed by atoms with Gasteiger partial charge < -0.3 is 10.0 Å². The van der Waals surface area contributed by atoms with Crippen molar-refractivity contribution in [2.75, 3.05) is 18.0 Å². The van der Waals surface area contributed by atoms with E-state index in [1.165, 1.54) is 12.8 Å². The molecule has 1 aromatic rings. The van der Waals surface area contributed by atoms with Crippen LogP contribution in [-0.2, 0) is 0 Å². The molecule has 0 atom stereocenters. The van der Waals surface area contributed by atoms with Crippen molar-refractivity contribution >= 4 is 11.7 Å². The molecule has 0 aromatic carbocycles. The van der Waals surface area contributed by atoms with Gasteiger partial charge in [0.1, 0.15) is 5.69 Å². The van der Waals surface area contributed by atoms with E-state index in [1.54, 1.807) is 12.3 Å². The van der Waals surface area contributed by atoms with Gasteiger partial charge in [0.2, 0.25) is 0 Å². The molecular formula is C12H16N2O2. The molecule has 0 radical (unpaired) electrons. The van der Waals surface area contributed by atoms with Gasteiger partial charge in [-0.3, -0.25) is 0 Å². The second kappa shape index (κ2) is 4.51. The van der Waals surface area contributed by atoms with E-state index in [4.69, 9.17) is 5.11 Å². The van der Waals surface area contributed by atoms with Crippen LogP contribution in [0.1, 0.15) is 30.3 Å². The number of hydrogen-bond acceptors (Lipinski definition) is 3. The molecule has 16 heavy (non-hydrogen) atoms. The van der Waals surface area contributed by atoms with Gasteiger partial charge in [0.15, 0.2) is 0 Å². The molecule has 1 aromatic heterocycles. The number of aromatic nitrogens is 1. The lowest BCUT2D eigenvalue weighted by molar-refractivity contribution is 0.0690. The van der Waals surface area contributed by atoms with Crippen LogP contribution >= 0.6 is 0 Å². The standard InChI is InChI=1S/C12H16N2O2/c1-9-3-6-14(7-4-9)10-2-5-13-11(8-10)12(15)16/h2,5,8-9H,3-4,6-7H2,1H3,(H,15,16). The summed E-state index contributed by atoms with van der Waals surface area (Å²) in [4.78, 5) is 16.9. The molecule has 1 N–H and O–H groups in total. The molecule has 2 heterocycles. The fourth-order valence-electron chi connectivity index (χ4n) is 2.00. The second-order valence-electron chi connectivity index (χ2n) is 4.37. The highest BCUT2D eigenvalue weighted by atomic mass is 16.4. The van der Waals surface area contributed by atoms with E-state index in [2.05, 4.69) is 16.8 Å². The van der Waals surface area contributed by atoms with Crippen LogP contribution in [0.4, 0.5) is 5.69 Å². The number of carboxylic acids is 1. The van der Waals surface area contributed by atoms with Crippen molar-refractivity contribution < 1.29 is 9.90 Å². The Balaban J connectivity index is 2.14. The van der Waals surface area contributed by atoms with Gasteiger partial charge in [0.25, 0.3) is 0 Å². The van der Waals surface area contributed by atoms with Crippen LogP contribution in [0.15, 0.2) is 18.3 Å². The molecule has 0 aliphatic carbocycles. The van der Waals surface area contributed by atoms with Crippen LogP contribution in [-0.4, -0.2) is 29.1 Å². The molecule has 1 saturated heterocycles. The van der Waals surface area contributed by atoms with Crippen LogP contribution in [0.2, 0.25) is 0 Å². The van der Waals surface area contributed by atoms with Crippen LogP contribution in [0.25, 0.3) is 0 Å². The maximum absolute atomic E-state index is 10.8. The molecular weight excluding hydrogens is 204 g/mol. The molecule has 0 amide bonds. The molecule has 2 rings (SSSR count). The lowest BCUT2D eigenvalue weighted by Crippen LogP contribution is -2.32. The van der Waals surface area contributed by atoms with Crippen LogP contribution in [0.5, 0.6) is 0 Å². The lowest BCUT2D eigenvalue weighted by atomic mass is 9.99. The number of rotatable bonds is 2. The predicted octanol–water partition coefficient (Wildman–Crippen LogP) is 2.02. The quantitative estimate of drug-likeness (QED) is 0.828. The van der Waals surface area contributed by atoms with Gasteiger partial charge in [-0.15, -0.1) is 0 Å². The fourth-order valence-corrected chi connectivity index (χ4v) is 2.00. The summed E-state index contributed by atoms with van der Waals surface area (Å²) in [6.45, 7) is 4.26. The molecule has 86 valence electrons. The van der Waals surface area contributed by atoms with Crippen molar-refractivity contribution in [3.05, 3.63) is 24.0 Å². The third-order valence-corrected chi connectivity index (χ3v) is 3.11. The number of nitrogens with zero attached hydrogens (tertiary/aromatic N) is 2. The average Bonchev–Trinajstić information content (AvgIpc) is 2.30. The summed E-state index contributed by atoms with van der Waals surface area (Å²) in [5, 5.41) is 8.87. The largest absolute Gasteiger partial charge is 0.477 e. The molecule has 0 bridgehead atoms. The Kier molecular flexibility index (Phi) is 3.08. The number of piperidine rings is 1. The molecule has 1 aliphatic rings. The Labute approximate surface area is 94.9 Å². The normalized spacial score (nSPS) is 17.4. The van der Waals surface area contributed by atoms with Gasteiger partial charge in [-0.05, 0) is 30.9 Å². The molecule has 0 spiro atoms. The first kappa shape index (κ1) is 10.9. The maximum atomic E-state index is 10.8. The summed E-state index contributed by atoms with van der Waals surface area (Å²) < 4.78 is 0. The zero-order valence-electron chi connectivity index (χ0n) is 9.39. The van der Waals surface area contributed by atoms with Gasteiger partial charge in [-0.1, -0.05) is 6.92 Å². The minimum absolute atomic E-state index is 0.121. The first-order valence-electron chi connectivity index (χ1n) is 5.61. The molecule has 0 saturated carbocycles. The van der Waals surface area contributed by atoms with Crippen molar-refractivity contribution in [3.8, 4) is 0 Å². The summed E-state index contributed by atoms with van der Waals surface area (Å²) in [5.74, 6) is -0.191. The Bertz CT molecular complexity index is 384. The van der Waals surface area contributed by atoms with Gasteiger partial charge >= 0.3 is 5.97 Å². The highest BCUT2D eigenvalue weighted by Crippen LogP contribution is 2.22. The van der Waals surface area contributed by atoms with E-state index in [0.717, 1.165) is 24.7 Å². The number of carboxylic acid groups (broad SMARTS) is 1. The highest BCUT2D eigenvalue weighted by molar-refractivity contribution is 5.86.